The fourth-order valence-corrected chi connectivity index (χ4v) is 2.12. The Bertz CT molecular complexity index is 273. The van der Waals surface area contributed by atoms with E-state index in [0.717, 1.165) is 19.3 Å². The third-order valence-electron chi connectivity index (χ3n) is 1.71. The Morgan fingerprint density at radius 2 is 2.07 bits per heavy atom. The van der Waals surface area contributed by atoms with Crippen LogP contribution in [0.3, 0.4) is 0 Å². The van der Waals surface area contributed by atoms with Crippen molar-refractivity contribution in [3.63, 3.8) is 0 Å². The van der Waals surface area contributed by atoms with E-state index in [-0.39, 0.29) is 4.20 Å². The zero-order valence-corrected chi connectivity index (χ0v) is 10.2. The Morgan fingerprint density at radius 1 is 1.50 bits per heavy atom. The molecule has 1 unspecified atom stereocenters. The van der Waals surface area contributed by atoms with Crippen molar-refractivity contribution in [2.45, 2.75) is 39.2 Å². The van der Waals surface area contributed by atoms with E-state index in [1.807, 2.05) is 0 Å². The number of sulfonamides is 1. The van der Waals surface area contributed by atoms with Gasteiger partial charge in [-0.2, -0.15) is 0 Å². The summed E-state index contributed by atoms with van der Waals surface area (Å²) in [5.41, 5.74) is 5.39. The van der Waals surface area contributed by atoms with E-state index in [1.165, 1.54) is 0 Å². The maximum Gasteiger partial charge on any atom is 0.248 e. The van der Waals surface area contributed by atoms with Crippen LogP contribution in [0, 0.1) is 0 Å². The molecule has 6 heteroatoms. The quantitative estimate of drug-likeness (QED) is 0.529. The molecule has 0 heterocycles. The summed E-state index contributed by atoms with van der Waals surface area (Å²) in [5.74, 6) is 0. The van der Waals surface area contributed by atoms with Crippen LogP contribution in [-0.4, -0.2) is 25.2 Å². The highest BCUT2D eigenvalue weighted by Gasteiger charge is 2.19. The highest BCUT2D eigenvalue weighted by atomic mass is 32.2. The molecule has 0 aliphatic heterocycles. The molecule has 0 aliphatic rings. The number of unbranched alkanes of at least 4 members (excludes halogenated alkanes) is 2. The Kier molecular flexibility index (Phi) is 6.43. The standard InChI is InChI=1S/C8H18N2O2S2/c1-3-4-5-6-10-14(11,12)8(13)7(2)9/h7,10H,3-6,9H2,1-2H3. The van der Waals surface area contributed by atoms with Crippen LogP contribution >= 0.6 is 12.2 Å². The lowest BCUT2D eigenvalue weighted by Gasteiger charge is -2.09. The lowest BCUT2D eigenvalue weighted by Crippen LogP contribution is -2.39. The molecule has 0 aromatic carbocycles. The third-order valence-corrected chi connectivity index (χ3v) is 4.22. The first-order valence-corrected chi connectivity index (χ1v) is 6.60. The number of hydrogen-bond donors (Lipinski definition) is 2. The normalized spacial score (nSPS) is 13.9. The van der Waals surface area contributed by atoms with E-state index in [9.17, 15) is 8.42 Å². The zero-order chi connectivity index (χ0) is 11.2. The number of nitrogens with one attached hydrogen (secondary N) is 1. The maximum atomic E-state index is 11.4. The number of hydrogen-bond acceptors (Lipinski definition) is 4. The van der Waals surface area contributed by atoms with Crippen LogP contribution in [0.4, 0.5) is 0 Å². The highest BCUT2D eigenvalue weighted by molar-refractivity contribution is 8.16. The molecule has 0 saturated carbocycles. The maximum absolute atomic E-state index is 11.4. The van der Waals surface area contributed by atoms with Gasteiger partial charge >= 0.3 is 0 Å². The van der Waals surface area contributed by atoms with Crippen molar-refractivity contribution >= 4 is 26.4 Å². The molecule has 0 bridgehead atoms. The summed E-state index contributed by atoms with van der Waals surface area (Å²) < 4.78 is 25.1. The van der Waals surface area contributed by atoms with Crippen LogP contribution in [0.15, 0.2) is 0 Å². The molecule has 14 heavy (non-hydrogen) atoms. The Morgan fingerprint density at radius 3 is 2.50 bits per heavy atom. The van der Waals surface area contributed by atoms with E-state index in [1.54, 1.807) is 6.92 Å². The van der Waals surface area contributed by atoms with Gasteiger partial charge in [0.15, 0.2) is 0 Å². The predicted molar refractivity (Wildman–Crippen MR) is 62.7 cm³/mol. The molecule has 0 aromatic heterocycles. The Balaban J connectivity index is 4.03. The third kappa shape index (κ3) is 4.99. The van der Waals surface area contributed by atoms with Crippen LogP contribution in [0.25, 0.3) is 0 Å². The van der Waals surface area contributed by atoms with Crippen molar-refractivity contribution in [3.05, 3.63) is 0 Å². The van der Waals surface area contributed by atoms with E-state index in [0.29, 0.717) is 6.54 Å². The average Bonchev–Trinajstić information content (AvgIpc) is 2.11. The van der Waals surface area contributed by atoms with Gasteiger partial charge in [0.1, 0.15) is 4.20 Å². The Labute approximate surface area is 91.3 Å². The minimum Gasteiger partial charge on any atom is -0.323 e. The molecular formula is C8H18N2O2S2. The lowest BCUT2D eigenvalue weighted by atomic mass is 10.3. The first-order chi connectivity index (χ1) is 6.41. The molecule has 0 saturated heterocycles. The summed E-state index contributed by atoms with van der Waals surface area (Å²) in [5, 5.41) is 0. The predicted octanol–water partition coefficient (Wildman–Crippen LogP) is 0.771. The molecule has 0 aliphatic carbocycles. The minimum absolute atomic E-state index is 0.117. The molecule has 0 spiro atoms. The second-order valence-corrected chi connectivity index (χ2v) is 5.65. The molecule has 3 N–H and O–H groups in total. The molecule has 1 atom stereocenters. The van der Waals surface area contributed by atoms with Crippen molar-refractivity contribution in [1.29, 1.82) is 0 Å². The van der Waals surface area contributed by atoms with Gasteiger partial charge in [-0.1, -0.05) is 32.0 Å². The summed E-state index contributed by atoms with van der Waals surface area (Å²) in [6, 6.07) is -0.603. The average molecular weight is 238 g/mol. The van der Waals surface area contributed by atoms with E-state index in [2.05, 4.69) is 11.6 Å². The summed E-state index contributed by atoms with van der Waals surface area (Å²) in [6.45, 7) is 4.05. The molecule has 0 aromatic rings. The van der Waals surface area contributed by atoms with Gasteiger partial charge in [0.05, 0.1) is 0 Å². The van der Waals surface area contributed by atoms with Gasteiger partial charge in [0, 0.05) is 12.6 Å². The molecule has 0 rings (SSSR count). The first-order valence-electron chi connectivity index (χ1n) is 4.71. The van der Waals surface area contributed by atoms with Crippen molar-refractivity contribution < 1.29 is 8.42 Å². The van der Waals surface area contributed by atoms with Gasteiger partial charge in [-0.3, -0.25) is 0 Å². The van der Waals surface area contributed by atoms with E-state index >= 15 is 0 Å². The van der Waals surface area contributed by atoms with Gasteiger partial charge in [-0.05, 0) is 13.3 Å². The summed E-state index contributed by atoms with van der Waals surface area (Å²) >= 11 is 4.72. The van der Waals surface area contributed by atoms with Gasteiger partial charge < -0.3 is 5.73 Å². The molecule has 0 radical (unpaired) electrons. The van der Waals surface area contributed by atoms with Crippen molar-refractivity contribution in [1.82, 2.24) is 4.72 Å². The van der Waals surface area contributed by atoms with Crippen molar-refractivity contribution in [2.75, 3.05) is 6.54 Å². The summed E-state index contributed by atoms with van der Waals surface area (Å²) in [6.07, 6.45) is 2.89. The molecule has 0 amide bonds. The first kappa shape index (κ1) is 14.0. The second kappa shape index (κ2) is 6.44. The fraction of sp³-hybridized carbons (Fsp3) is 0.875. The van der Waals surface area contributed by atoms with Crippen LogP contribution in [0.5, 0.6) is 0 Å². The highest BCUT2D eigenvalue weighted by Crippen LogP contribution is 1.97. The second-order valence-electron chi connectivity index (χ2n) is 3.21. The van der Waals surface area contributed by atoms with E-state index in [4.69, 9.17) is 18.0 Å². The number of nitrogens with two attached hydrogens (primary N) is 1. The largest absolute Gasteiger partial charge is 0.323 e. The smallest absolute Gasteiger partial charge is 0.248 e. The van der Waals surface area contributed by atoms with Crippen LogP contribution in [0.1, 0.15) is 33.1 Å². The van der Waals surface area contributed by atoms with Gasteiger partial charge in [0.2, 0.25) is 10.0 Å². The number of thiocarbonyl (C=S) groups is 1. The summed E-state index contributed by atoms with van der Waals surface area (Å²) in [4.78, 5) is 0. The molecule has 84 valence electrons. The lowest BCUT2D eigenvalue weighted by molar-refractivity contribution is 0.587. The number of rotatable bonds is 6. The van der Waals surface area contributed by atoms with Gasteiger partial charge in [0.25, 0.3) is 0 Å². The van der Waals surface area contributed by atoms with Crippen molar-refractivity contribution in [2.24, 2.45) is 5.73 Å². The molecule has 4 nitrogen and oxygen atoms in total. The minimum atomic E-state index is -3.48. The van der Waals surface area contributed by atoms with Crippen LogP contribution < -0.4 is 10.5 Å². The fourth-order valence-electron chi connectivity index (χ4n) is 0.897. The monoisotopic (exact) mass is 238 g/mol. The van der Waals surface area contributed by atoms with Crippen molar-refractivity contribution in [3.8, 4) is 0 Å². The zero-order valence-electron chi connectivity index (χ0n) is 8.62. The van der Waals surface area contributed by atoms with Gasteiger partial charge in [-0.25, -0.2) is 13.1 Å². The van der Waals surface area contributed by atoms with Crippen LogP contribution in [-0.2, 0) is 10.0 Å². The molecule has 0 fully saturated rings. The Hall–Kier alpha value is -0.0400. The topological polar surface area (TPSA) is 72.2 Å². The van der Waals surface area contributed by atoms with Gasteiger partial charge in [-0.15, -0.1) is 0 Å². The molecular weight excluding hydrogens is 220 g/mol. The van der Waals surface area contributed by atoms with E-state index < -0.39 is 16.1 Å². The SMILES string of the molecule is CCCCCNS(=O)(=O)C(=S)C(C)N. The summed E-state index contributed by atoms with van der Waals surface area (Å²) in [7, 11) is -3.48. The van der Waals surface area contributed by atoms with Crippen LogP contribution in [0.2, 0.25) is 0 Å².